The zero-order valence-electron chi connectivity index (χ0n) is 9.40. The van der Waals surface area contributed by atoms with Gasteiger partial charge in [-0.3, -0.25) is 0 Å². The average Bonchev–Trinajstić information content (AvgIpc) is 2.12. The van der Waals surface area contributed by atoms with Crippen molar-refractivity contribution >= 4 is 63.3 Å². The molecule has 0 aromatic heterocycles. The van der Waals surface area contributed by atoms with Crippen LogP contribution in [0.4, 0.5) is 0 Å². The van der Waals surface area contributed by atoms with Crippen LogP contribution in [0.15, 0.2) is 11.8 Å². The van der Waals surface area contributed by atoms with E-state index in [9.17, 15) is 9.59 Å². The Labute approximate surface area is 138 Å². The minimum atomic E-state index is -0.942. The SMILES string of the molecule is COC(=O)C=C(C)N[C@@H](C(=O)O)C(C)C.[KH]. The predicted octanol–water partition coefficient (Wildman–Crippen LogP) is 0.113. The van der Waals surface area contributed by atoms with Crippen molar-refractivity contribution in [2.24, 2.45) is 5.92 Å². The summed E-state index contributed by atoms with van der Waals surface area (Å²) in [6, 6.07) is -0.703. The van der Waals surface area contributed by atoms with Gasteiger partial charge in [0.1, 0.15) is 6.04 Å². The molecule has 0 saturated carbocycles. The van der Waals surface area contributed by atoms with E-state index in [0.717, 1.165) is 0 Å². The average molecular weight is 255 g/mol. The van der Waals surface area contributed by atoms with Gasteiger partial charge in [0.05, 0.1) is 7.11 Å². The van der Waals surface area contributed by atoms with Crippen LogP contribution < -0.4 is 5.32 Å². The zero-order valence-corrected chi connectivity index (χ0v) is 9.40. The van der Waals surface area contributed by atoms with Crippen molar-refractivity contribution in [3.05, 3.63) is 11.8 Å². The summed E-state index contributed by atoms with van der Waals surface area (Å²) in [5.41, 5.74) is 0.475. The van der Waals surface area contributed by atoms with E-state index in [-0.39, 0.29) is 57.3 Å². The number of rotatable bonds is 5. The molecule has 0 aromatic carbocycles. The molecule has 0 bridgehead atoms. The molecule has 0 unspecified atom stereocenters. The van der Waals surface area contributed by atoms with E-state index in [1.165, 1.54) is 13.2 Å². The number of carboxylic acids is 1. The van der Waals surface area contributed by atoms with Crippen molar-refractivity contribution in [3.63, 3.8) is 0 Å². The number of methoxy groups -OCH3 is 1. The first-order valence-electron chi connectivity index (χ1n) is 4.64. The Hall–Kier alpha value is 0.116. The number of ether oxygens (including phenoxy) is 1. The number of hydrogen-bond acceptors (Lipinski definition) is 4. The summed E-state index contributed by atoms with van der Waals surface area (Å²) in [6.07, 6.45) is 1.22. The Bertz CT molecular complexity index is 276. The van der Waals surface area contributed by atoms with Gasteiger partial charge in [-0.15, -0.1) is 0 Å². The molecule has 0 aliphatic carbocycles. The number of esters is 1. The fourth-order valence-electron chi connectivity index (χ4n) is 1.04. The second-order valence-corrected chi connectivity index (χ2v) is 3.55. The number of carbonyl (C=O) groups is 2. The molecule has 0 aromatic rings. The van der Waals surface area contributed by atoms with Crippen LogP contribution in [0.2, 0.25) is 0 Å². The second-order valence-electron chi connectivity index (χ2n) is 3.55. The molecule has 0 saturated heterocycles. The fourth-order valence-corrected chi connectivity index (χ4v) is 1.04. The number of aliphatic carboxylic acids is 1. The second kappa shape index (κ2) is 9.18. The Morgan fingerprint density at radius 3 is 2.19 bits per heavy atom. The molecule has 0 aliphatic heterocycles. The first-order chi connectivity index (χ1) is 6.88. The molecule has 2 N–H and O–H groups in total. The van der Waals surface area contributed by atoms with Crippen LogP contribution in [-0.4, -0.2) is 81.6 Å². The van der Waals surface area contributed by atoms with Crippen LogP contribution in [0.3, 0.4) is 0 Å². The molecule has 0 spiro atoms. The molecule has 0 fully saturated rings. The molecule has 6 heteroatoms. The van der Waals surface area contributed by atoms with Crippen molar-refractivity contribution in [2.75, 3.05) is 7.11 Å². The summed E-state index contributed by atoms with van der Waals surface area (Å²) < 4.78 is 4.42. The van der Waals surface area contributed by atoms with Crippen LogP contribution in [0.5, 0.6) is 0 Å². The van der Waals surface area contributed by atoms with E-state index in [1.807, 2.05) is 0 Å². The molecule has 0 radical (unpaired) electrons. The Morgan fingerprint density at radius 2 is 1.88 bits per heavy atom. The Morgan fingerprint density at radius 1 is 1.38 bits per heavy atom. The number of nitrogens with one attached hydrogen (secondary N) is 1. The third-order valence-electron chi connectivity index (χ3n) is 1.85. The molecule has 0 aliphatic rings. The molecule has 16 heavy (non-hydrogen) atoms. The van der Waals surface area contributed by atoms with Crippen molar-refractivity contribution in [2.45, 2.75) is 26.8 Å². The number of carboxylic acid groups (broad SMARTS) is 1. The van der Waals surface area contributed by atoms with Gasteiger partial charge in [-0.2, -0.15) is 0 Å². The molecule has 0 heterocycles. The molecule has 5 nitrogen and oxygen atoms in total. The van der Waals surface area contributed by atoms with Crippen molar-refractivity contribution < 1.29 is 19.4 Å². The third-order valence-corrected chi connectivity index (χ3v) is 1.85. The zero-order chi connectivity index (χ0) is 12.0. The molecule has 88 valence electrons. The predicted molar refractivity (Wildman–Crippen MR) is 62.3 cm³/mol. The molecule has 0 rings (SSSR count). The summed E-state index contributed by atoms with van der Waals surface area (Å²) in [5.74, 6) is -1.51. The van der Waals surface area contributed by atoms with Gasteiger partial charge < -0.3 is 15.2 Å². The maximum absolute atomic E-state index is 10.9. The Balaban J connectivity index is 0. The first kappa shape index (κ1) is 18.5. The minimum absolute atomic E-state index is 0. The summed E-state index contributed by atoms with van der Waals surface area (Å²) >= 11 is 0. The molecular formula is C10H18KNO4. The van der Waals surface area contributed by atoms with Crippen molar-refractivity contribution in [3.8, 4) is 0 Å². The quantitative estimate of drug-likeness (QED) is 0.414. The van der Waals surface area contributed by atoms with E-state index in [4.69, 9.17) is 5.11 Å². The van der Waals surface area contributed by atoms with E-state index in [0.29, 0.717) is 5.70 Å². The maximum atomic E-state index is 10.9. The van der Waals surface area contributed by atoms with E-state index < -0.39 is 18.0 Å². The normalized spacial score (nSPS) is 12.7. The summed E-state index contributed by atoms with van der Waals surface area (Å²) in [5, 5.41) is 11.6. The summed E-state index contributed by atoms with van der Waals surface area (Å²) in [6.45, 7) is 5.20. The first-order valence-corrected chi connectivity index (χ1v) is 4.64. The number of allylic oxidation sites excluding steroid dienone is 1. The summed E-state index contributed by atoms with van der Waals surface area (Å²) in [7, 11) is 1.27. The van der Waals surface area contributed by atoms with Gasteiger partial charge in [0.15, 0.2) is 0 Å². The summed E-state index contributed by atoms with van der Waals surface area (Å²) in [4.78, 5) is 21.7. The van der Waals surface area contributed by atoms with Gasteiger partial charge in [0, 0.05) is 11.8 Å². The monoisotopic (exact) mass is 255 g/mol. The number of hydrogen-bond donors (Lipinski definition) is 2. The van der Waals surface area contributed by atoms with Gasteiger partial charge in [-0.05, 0) is 12.8 Å². The number of carbonyl (C=O) groups excluding carboxylic acids is 1. The molecule has 1 atom stereocenters. The standard InChI is InChI=1S/C10H17NO4.K.H/c1-6(2)9(10(13)14)11-7(3)5-8(12)15-4;;/h5-6,9,11H,1-4H3,(H,13,14);;/t9-;;/m1../s1. The van der Waals surface area contributed by atoms with E-state index >= 15 is 0 Å². The van der Waals surface area contributed by atoms with Crippen LogP contribution >= 0.6 is 0 Å². The van der Waals surface area contributed by atoms with E-state index in [2.05, 4.69) is 10.1 Å². The van der Waals surface area contributed by atoms with Gasteiger partial charge in [-0.1, -0.05) is 13.8 Å². The van der Waals surface area contributed by atoms with Gasteiger partial charge in [0.2, 0.25) is 0 Å². The van der Waals surface area contributed by atoms with Crippen LogP contribution in [0.25, 0.3) is 0 Å². The van der Waals surface area contributed by atoms with Crippen LogP contribution in [-0.2, 0) is 14.3 Å². The third kappa shape index (κ3) is 7.40. The molecule has 0 amide bonds. The van der Waals surface area contributed by atoms with Gasteiger partial charge in [-0.25, -0.2) is 9.59 Å². The van der Waals surface area contributed by atoms with Crippen LogP contribution in [0, 0.1) is 5.92 Å². The van der Waals surface area contributed by atoms with Crippen LogP contribution in [0.1, 0.15) is 20.8 Å². The Kier molecular flexibility index (Phi) is 10.6. The fraction of sp³-hybridized carbons (Fsp3) is 0.600. The van der Waals surface area contributed by atoms with E-state index in [1.54, 1.807) is 20.8 Å². The molecular weight excluding hydrogens is 237 g/mol. The van der Waals surface area contributed by atoms with Gasteiger partial charge in [0.25, 0.3) is 0 Å². The van der Waals surface area contributed by atoms with Gasteiger partial charge >= 0.3 is 63.3 Å². The topological polar surface area (TPSA) is 75.6 Å². The van der Waals surface area contributed by atoms with Crippen molar-refractivity contribution in [1.82, 2.24) is 5.32 Å². The van der Waals surface area contributed by atoms with Crippen molar-refractivity contribution in [1.29, 1.82) is 0 Å².